The Hall–Kier alpha value is -4.61. The summed E-state index contributed by atoms with van der Waals surface area (Å²) in [6.45, 7) is 2.61. The molecule has 12 heteroatoms. The van der Waals surface area contributed by atoms with Crippen LogP contribution in [0.5, 0.6) is 11.5 Å². The van der Waals surface area contributed by atoms with E-state index >= 15 is 0 Å². The van der Waals surface area contributed by atoms with Crippen molar-refractivity contribution < 1.29 is 23.4 Å². The van der Waals surface area contributed by atoms with Gasteiger partial charge in [0.1, 0.15) is 0 Å². The standard InChI is InChI=1S/C23H21N7O5/c1-2-32-21(31)22-34-15-8-7-13(11-17(15)35-22)5-3-9-29-19-14(12-25-29)20-26-18(16-6-4-10-33-16)28-30(20)23(24)27-19/h4,6-8,10-12,22H,2-3,5,9H2,1H3,(H2,24,27)/t22-/m1/s1. The van der Waals surface area contributed by atoms with E-state index in [4.69, 9.17) is 24.4 Å². The predicted molar refractivity (Wildman–Crippen MR) is 123 cm³/mol. The number of anilines is 1. The second-order valence-corrected chi connectivity index (χ2v) is 7.93. The largest absolute Gasteiger partial charge is 0.461 e. The van der Waals surface area contributed by atoms with Gasteiger partial charge in [0.2, 0.25) is 11.8 Å². The zero-order chi connectivity index (χ0) is 23.9. The van der Waals surface area contributed by atoms with E-state index < -0.39 is 12.3 Å². The van der Waals surface area contributed by atoms with E-state index in [9.17, 15) is 4.79 Å². The van der Waals surface area contributed by atoms with Crippen molar-refractivity contribution in [2.75, 3.05) is 12.3 Å². The Labute approximate surface area is 198 Å². The number of benzene rings is 1. The topological polar surface area (TPSA) is 145 Å². The minimum atomic E-state index is -1.06. The number of nitrogen functional groups attached to an aromatic ring is 1. The van der Waals surface area contributed by atoms with E-state index in [1.807, 2.05) is 12.1 Å². The molecule has 1 aliphatic heterocycles. The van der Waals surface area contributed by atoms with Crippen LogP contribution in [0.1, 0.15) is 18.9 Å². The Kier molecular flexibility index (Phi) is 4.98. The first-order chi connectivity index (χ1) is 17.1. The summed E-state index contributed by atoms with van der Waals surface area (Å²) in [5, 5.41) is 9.65. The van der Waals surface area contributed by atoms with Crippen LogP contribution >= 0.6 is 0 Å². The molecule has 1 atom stereocenters. The maximum Gasteiger partial charge on any atom is 0.389 e. The average molecular weight is 475 g/mol. The van der Waals surface area contributed by atoms with Crippen LogP contribution < -0.4 is 15.2 Å². The van der Waals surface area contributed by atoms with Crippen LogP contribution in [0.25, 0.3) is 28.3 Å². The molecule has 1 aromatic carbocycles. The molecule has 5 aromatic rings. The van der Waals surface area contributed by atoms with Gasteiger partial charge in [-0.1, -0.05) is 6.07 Å². The Morgan fingerprint density at radius 3 is 2.89 bits per heavy atom. The van der Waals surface area contributed by atoms with E-state index in [0.717, 1.165) is 23.8 Å². The number of aryl methyl sites for hydroxylation is 2. The SMILES string of the molecule is CCOC(=O)[C@@H]1Oc2ccc(CCCn3ncc4c3nc(N)n3nc(-c5ccco5)nc43)cc2O1. The minimum absolute atomic E-state index is 0.214. The molecule has 35 heavy (non-hydrogen) atoms. The third-order valence-electron chi connectivity index (χ3n) is 5.63. The van der Waals surface area contributed by atoms with Gasteiger partial charge in [-0.25, -0.2) is 14.5 Å². The lowest BCUT2D eigenvalue weighted by Gasteiger charge is -2.07. The number of ether oxygens (including phenoxy) is 3. The van der Waals surface area contributed by atoms with Crippen LogP contribution in [0, 0.1) is 0 Å². The van der Waals surface area contributed by atoms with Crippen molar-refractivity contribution in [3.8, 4) is 23.1 Å². The Morgan fingerprint density at radius 2 is 2.06 bits per heavy atom. The highest BCUT2D eigenvalue weighted by molar-refractivity contribution is 5.90. The molecule has 1 aliphatic rings. The van der Waals surface area contributed by atoms with Crippen molar-refractivity contribution in [1.82, 2.24) is 29.4 Å². The summed E-state index contributed by atoms with van der Waals surface area (Å²) in [5.74, 6) is 1.70. The molecule has 12 nitrogen and oxygen atoms in total. The van der Waals surface area contributed by atoms with Crippen LogP contribution in [0.15, 0.2) is 47.2 Å². The van der Waals surface area contributed by atoms with E-state index in [1.54, 1.807) is 42.3 Å². The van der Waals surface area contributed by atoms with Crippen LogP contribution in [-0.4, -0.2) is 48.2 Å². The quantitative estimate of drug-likeness (QED) is 0.349. The molecule has 0 amide bonds. The molecule has 0 saturated heterocycles. The molecular weight excluding hydrogens is 454 g/mol. The number of carbonyl (C=O) groups excluding carboxylic acids is 1. The summed E-state index contributed by atoms with van der Waals surface area (Å²) >= 11 is 0. The molecule has 0 saturated carbocycles. The normalized spacial score (nSPS) is 14.7. The minimum Gasteiger partial charge on any atom is -0.461 e. The lowest BCUT2D eigenvalue weighted by molar-refractivity contribution is -0.161. The second kappa shape index (κ2) is 8.31. The maximum atomic E-state index is 11.9. The Morgan fingerprint density at radius 1 is 1.17 bits per heavy atom. The monoisotopic (exact) mass is 475 g/mol. The zero-order valence-corrected chi connectivity index (χ0v) is 18.7. The van der Waals surface area contributed by atoms with Gasteiger partial charge in [-0.3, -0.25) is 0 Å². The van der Waals surface area contributed by atoms with Gasteiger partial charge in [0, 0.05) is 6.54 Å². The Bertz CT molecular complexity index is 1540. The van der Waals surface area contributed by atoms with Crippen molar-refractivity contribution in [3.63, 3.8) is 0 Å². The summed E-state index contributed by atoms with van der Waals surface area (Å²) in [6.07, 6.45) is 3.76. The molecule has 0 aliphatic carbocycles. The number of aromatic nitrogens is 6. The number of furan rings is 1. The molecule has 6 rings (SSSR count). The number of nitrogens with two attached hydrogens (primary N) is 1. The fourth-order valence-electron chi connectivity index (χ4n) is 4.02. The van der Waals surface area contributed by atoms with E-state index in [0.29, 0.717) is 40.9 Å². The molecule has 5 heterocycles. The molecule has 0 radical (unpaired) electrons. The van der Waals surface area contributed by atoms with Gasteiger partial charge in [-0.05, 0) is 49.6 Å². The molecule has 0 spiro atoms. The number of esters is 1. The zero-order valence-electron chi connectivity index (χ0n) is 18.7. The van der Waals surface area contributed by atoms with Gasteiger partial charge in [-0.15, -0.1) is 5.10 Å². The van der Waals surface area contributed by atoms with Gasteiger partial charge < -0.3 is 24.4 Å². The summed E-state index contributed by atoms with van der Waals surface area (Å²) in [6, 6.07) is 9.18. The van der Waals surface area contributed by atoms with Gasteiger partial charge in [0.25, 0.3) is 0 Å². The first-order valence-corrected chi connectivity index (χ1v) is 11.1. The third-order valence-corrected chi connectivity index (χ3v) is 5.63. The predicted octanol–water partition coefficient (Wildman–Crippen LogP) is 2.61. The summed E-state index contributed by atoms with van der Waals surface area (Å²) in [5.41, 5.74) is 8.41. The molecule has 4 aromatic heterocycles. The first-order valence-electron chi connectivity index (χ1n) is 11.1. The fourth-order valence-corrected chi connectivity index (χ4v) is 4.02. The summed E-state index contributed by atoms with van der Waals surface area (Å²) < 4.78 is 24.7. The molecule has 178 valence electrons. The highest BCUT2D eigenvalue weighted by Crippen LogP contribution is 2.36. The second-order valence-electron chi connectivity index (χ2n) is 7.93. The van der Waals surface area contributed by atoms with Gasteiger partial charge in [-0.2, -0.15) is 14.6 Å². The van der Waals surface area contributed by atoms with Crippen molar-refractivity contribution in [3.05, 3.63) is 48.4 Å². The van der Waals surface area contributed by atoms with E-state index in [-0.39, 0.29) is 12.6 Å². The number of hydrogen-bond donors (Lipinski definition) is 1. The van der Waals surface area contributed by atoms with E-state index in [2.05, 4.69) is 20.2 Å². The highest BCUT2D eigenvalue weighted by Gasteiger charge is 2.32. The molecule has 0 fully saturated rings. The summed E-state index contributed by atoms with van der Waals surface area (Å²) in [7, 11) is 0. The number of carbonyl (C=O) groups is 1. The number of nitrogens with zero attached hydrogens (tertiary/aromatic N) is 6. The first kappa shape index (κ1) is 21.0. The molecule has 0 unspecified atom stereocenters. The van der Waals surface area contributed by atoms with Gasteiger partial charge in [0.15, 0.2) is 28.6 Å². The van der Waals surface area contributed by atoms with Gasteiger partial charge >= 0.3 is 12.3 Å². The van der Waals surface area contributed by atoms with Crippen LogP contribution in [0.3, 0.4) is 0 Å². The average Bonchev–Trinajstić information content (AvgIpc) is 3.64. The molecular formula is C23H21N7O5. The van der Waals surface area contributed by atoms with Crippen LogP contribution in [0.4, 0.5) is 5.95 Å². The number of fused-ring (bicyclic) bond motifs is 4. The van der Waals surface area contributed by atoms with E-state index in [1.165, 1.54) is 4.52 Å². The van der Waals surface area contributed by atoms with Crippen molar-refractivity contribution in [2.45, 2.75) is 32.6 Å². The maximum absolute atomic E-state index is 11.9. The molecule has 0 bridgehead atoms. The van der Waals surface area contributed by atoms with Crippen molar-refractivity contribution in [2.24, 2.45) is 0 Å². The highest BCUT2D eigenvalue weighted by atomic mass is 16.7. The number of hydrogen-bond acceptors (Lipinski definition) is 10. The number of rotatable bonds is 7. The summed E-state index contributed by atoms with van der Waals surface area (Å²) in [4.78, 5) is 20.9. The smallest absolute Gasteiger partial charge is 0.389 e. The third kappa shape index (κ3) is 3.68. The molecule has 2 N–H and O–H groups in total. The fraction of sp³-hybridized carbons (Fsp3) is 0.261. The van der Waals surface area contributed by atoms with Crippen LogP contribution in [-0.2, 0) is 22.5 Å². The lowest BCUT2D eigenvalue weighted by atomic mass is 10.1. The lowest BCUT2D eigenvalue weighted by Crippen LogP contribution is -2.30. The Balaban J connectivity index is 1.17. The van der Waals surface area contributed by atoms with Crippen molar-refractivity contribution >= 4 is 28.6 Å². The van der Waals surface area contributed by atoms with Crippen LogP contribution in [0.2, 0.25) is 0 Å². The van der Waals surface area contributed by atoms with Gasteiger partial charge in [0.05, 0.1) is 24.5 Å². The van der Waals surface area contributed by atoms with Crippen molar-refractivity contribution in [1.29, 1.82) is 0 Å².